The third kappa shape index (κ3) is 16.4. The van der Waals surface area contributed by atoms with Crippen LogP contribution in [0.4, 0.5) is 0 Å². The molecule has 0 saturated heterocycles. The van der Waals surface area contributed by atoms with Gasteiger partial charge in [0.05, 0.1) is 0 Å². The van der Waals surface area contributed by atoms with Crippen LogP contribution in [0.1, 0.15) is 78.1 Å². The van der Waals surface area contributed by atoms with Crippen molar-refractivity contribution in [2.24, 2.45) is 0 Å². The van der Waals surface area contributed by atoms with Crippen LogP contribution in [0, 0.1) is 0 Å². The Kier molecular flexibility index (Phi) is 18.8. The Hall–Kier alpha value is 0.430. The molecule has 0 spiro atoms. The van der Waals surface area contributed by atoms with Gasteiger partial charge < -0.3 is 10.4 Å². The zero-order chi connectivity index (χ0) is 13.6. The maximum atomic E-state index is 10.5. The van der Waals surface area contributed by atoms with Crippen LogP contribution < -0.4 is 34.9 Å². The standard InChI is InChI=1S/C15H31NO2.Na/c1-3-4-5-6-7-8-9-10-11-12-13-16-14(2)15(17)18;/h14,16H,3-13H2,1-2H3,(H,17,18);/q;+1. The minimum absolute atomic E-state index is 0. The van der Waals surface area contributed by atoms with E-state index < -0.39 is 12.0 Å². The molecule has 3 nitrogen and oxygen atoms in total. The summed E-state index contributed by atoms with van der Waals surface area (Å²) in [6, 6.07) is -0.413. The van der Waals surface area contributed by atoms with E-state index in [1.165, 1.54) is 57.8 Å². The maximum Gasteiger partial charge on any atom is 1.00 e. The van der Waals surface area contributed by atoms with Gasteiger partial charge in [-0.3, -0.25) is 4.79 Å². The summed E-state index contributed by atoms with van der Waals surface area (Å²) in [5.41, 5.74) is 0. The SMILES string of the molecule is CCCCCCCCCCCCNC(C)C(=O)O.[Na+]. The molecule has 1 atom stereocenters. The van der Waals surface area contributed by atoms with E-state index in [1.807, 2.05) is 0 Å². The van der Waals surface area contributed by atoms with Crippen LogP contribution in [0.3, 0.4) is 0 Å². The smallest absolute Gasteiger partial charge is 0.480 e. The molecule has 0 aromatic rings. The van der Waals surface area contributed by atoms with Crippen LogP contribution in [0.15, 0.2) is 0 Å². The van der Waals surface area contributed by atoms with E-state index in [1.54, 1.807) is 6.92 Å². The molecule has 0 bridgehead atoms. The summed E-state index contributed by atoms with van der Waals surface area (Å²) < 4.78 is 0. The third-order valence-corrected chi connectivity index (χ3v) is 3.35. The Morgan fingerprint density at radius 3 is 1.79 bits per heavy atom. The Labute approximate surface area is 141 Å². The number of unbranched alkanes of at least 4 members (excludes halogenated alkanes) is 9. The molecule has 0 fully saturated rings. The van der Waals surface area contributed by atoms with Gasteiger partial charge in [-0.25, -0.2) is 0 Å². The predicted octanol–water partition coefficient (Wildman–Crippen LogP) is 0.974. The third-order valence-electron chi connectivity index (χ3n) is 3.35. The molecule has 0 aliphatic rings. The van der Waals surface area contributed by atoms with Crippen molar-refractivity contribution >= 4 is 5.97 Å². The van der Waals surface area contributed by atoms with Crippen LogP contribution in [0.2, 0.25) is 0 Å². The second-order valence-corrected chi connectivity index (χ2v) is 5.20. The van der Waals surface area contributed by atoms with Crippen molar-refractivity contribution < 1.29 is 39.5 Å². The first-order valence-electron chi connectivity index (χ1n) is 7.64. The van der Waals surface area contributed by atoms with Gasteiger partial charge in [-0.2, -0.15) is 0 Å². The first-order valence-corrected chi connectivity index (χ1v) is 7.64. The van der Waals surface area contributed by atoms with Crippen molar-refractivity contribution in [3.05, 3.63) is 0 Å². The number of nitrogens with one attached hydrogen (secondary N) is 1. The van der Waals surface area contributed by atoms with Crippen molar-refractivity contribution in [1.29, 1.82) is 0 Å². The van der Waals surface area contributed by atoms with Crippen molar-refractivity contribution in [2.75, 3.05) is 6.54 Å². The number of carboxylic acid groups (broad SMARTS) is 1. The van der Waals surface area contributed by atoms with Crippen molar-refractivity contribution in [3.8, 4) is 0 Å². The Balaban J connectivity index is 0. The minimum atomic E-state index is -0.762. The molecule has 4 heteroatoms. The van der Waals surface area contributed by atoms with E-state index in [-0.39, 0.29) is 29.6 Å². The number of rotatable bonds is 13. The summed E-state index contributed by atoms with van der Waals surface area (Å²) in [6.07, 6.45) is 13.2. The Morgan fingerprint density at radius 1 is 0.947 bits per heavy atom. The van der Waals surface area contributed by atoms with Gasteiger partial charge in [0.1, 0.15) is 6.04 Å². The second-order valence-electron chi connectivity index (χ2n) is 5.20. The van der Waals surface area contributed by atoms with Gasteiger partial charge in [0.2, 0.25) is 0 Å². The molecule has 0 aliphatic heterocycles. The zero-order valence-corrected chi connectivity index (χ0v) is 15.2. The van der Waals surface area contributed by atoms with Gasteiger partial charge in [-0.05, 0) is 19.9 Å². The summed E-state index contributed by atoms with van der Waals surface area (Å²) >= 11 is 0. The molecule has 2 N–H and O–H groups in total. The number of carboxylic acids is 1. The van der Waals surface area contributed by atoms with E-state index in [9.17, 15) is 4.79 Å². The van der Waals surface area contributed by atoms with E-state index in [0.717, 1.165) is 13.0 Å². The topological polar surface area (TPSA) is 49.3 Å². The maximum absolute atomic E-state index is 10.5. The van der Waals surface area contributed by atoms with Gasteiger partial charge in [0.25, 0.3) is 0 Å². The van der Waals surface area contributed by atoms with E-state index in [4.69, 9.17) is 5.11 Å². The summed E-state index contributed by atoms with van der Waals surface area (Å²) in [4.78, 5) is 10.5. The normalized spacial score (nSPS) is 11.9. The van der Waals surface area contributed by atoms with Crippen LogP contribution in [0.5, 0.6) is 0 Å². The largest absolute Gasteiger partial charge is 1.00 e. The summed E-state index contributed by atoms with van der Waals surface area (Å²) in [5.74, 6) is -0.762. The van der Waals surface area contributed by atoms with Gasteiger partial charge in [0, 0.05) is 0 Å². The molecule has 108 valence electrons. The van der Waals surface area contributed by atoms with E-state index in [0.29, 0.717) is 0 Å². The van der Waals surface area contributed by atoms with Crippen molar-refractivity contribution in [3.63, 3.8) is 0 Å². The summed E-state index contributed by atoms with van der Waals surface area (Å²) in [5, 5.41) is 11.7. The van der Waals surface area contributed by atoms with Crippen molar-refractivity contribution in [1.82, 2.24) is 5.32 Å². The molecule has 0 heterocycles. The molecule has 19 heavy (non-hydrogen) atoms. The molecule has 0 amide bonds. The number of aliphatic carboxylic acids is 1. The first-order chi connectivity index (χ1) is 8.68. The average molecular weight is 280 g/mol. The minimum Gasteiger partial charge on any atom is -0.480 e. The molecule has 0 aromatic carbocycles. The van der Waals surface area contributed by atoms with Gasteiger partial charge in [-0.1, -0.05) is 64.7 Å². The fourth-order valence-corrected chi connectivity index (χ4v) is 2.02. The fraction of sp³-hybridized carbons (Fsp3) is 0.933. The second kappa shape index (κ2) is 16.5. The Morgan fingerprint density at radius 2 is 1.37 bits per heavy atom. The number of carbonyl (C=O) groups is 1. The first kappa shape index (κ1) is 21.7. The van der Waals surface area contributed by atoms with Crippen LogP contribution in [-0.2, 0) is 4.79 Å². The van der Waals surface area contributed by atoms with Crippen LogP contribution in [-0.4, -0.2) is 23.7 Å². The summed E-state index contributed by atoms with van der Waals surface area (Å²) in [7, 11) is 0. The van der Waals surface area contributed by atoms with Crippen LogP contribution >= 0.6 is 0 Å². The molecule has 0 aliphatic carbocycles. The number of hydrogen-bond acceptors (Lipinski definition) is 2. The van der Waals surface area contributed by atoms with E-state index >= 15 is 0 Å². The van der Waals surface area contributed by atoms with Gasteiger partial charge in [0.15, 0.2) is 0 Å². The molecule has 1 unspecified atom stereocenters. The molecular weight excluding hydrogens is 249 g/mol. The predicted molar refractivity (Wildman–Crippen MR) is 76.9 cm³/mol. The van der Waals surface area contributed by atoms with E-state index in [2.05, 4.69) is 12.2 Å². The van der Waals surface area contributed by atoms with Crippen LogP contribution in [0.25, 0.3) is 0 Å². The molecule has 0 rings (SSSR count). The summed E-state index contributed by atoms with van der Waals surface area (Å²) in [6.45, 7) is 4.77. The quantitative estimate of drug-likeness (QED) is 0.390. The molecular formula is C15H31NNaO2+. The monoisotopic (exact) mass is 280 g/mol. The fourth-order valence-electron chi connectivity index (χ4n) is 2.02. The molecule has 0 aromatic heterocycles. The zero-order valence-electron chi connectivity index (χ0n) is 13.2. The van der Waals surface area contributed by atoms with Gasteiger partial charge in [-0.15, -0.1) is 0 Å². The van der Waals surface area contributed by atoms with Crippen molar-refractivity contribution in [2.45, 2.75) is 84.1 Å². The Bertz CT molecular complexity index is 201. The average Bonchev–Trinajstić information content (AvgIpc) is 2.35. The number of hydrogen-bond donors (Lipinski definition) is 2. The molecule has 0 radical (unpaired) electrons. The molecule has 0 saturated carbocycles. The van der Waals surface area contributed by atoms with Gasteiger partial charge >= 0.3 is 35.5 Å².